The Balaban J connectivity index is 3.84. The summed E-state index contributed by atoms with van der Waals surface area (Å²) in [6.45, 7) is 3.67. The van der Waals surface area contributed by atoms with E-state index in [1.807, 2.05) is 12.1 Å². The van der Waals surface area contributed by atoms with Gasteiger partial charge in [-0.25, -0.2) is 0 Å². The molecule has 0 aliphatic rings. The molecule has 0 heterocycles. The molecule has 94 valence electrons. The van der Waals surface area contributed by atoms with Gasteiger partial charge in [0.25, 0.3) is 0 Å². The Morgan fingerprint density at radius 2 is 2.12 bits per heavy atom. The first-order chi connectivity index (χ1) is 8.26. The van der Waals surface area contributed by atoms with Crippen LogP contribution in [0.25, 0.3) is 0 Å². The number of hydrogen-bond acceptors (Lipinski definition) is 3. The Hall–Kier alpha value is -1.56. The second-order valence-electron chi connectivity index (χ2n) is 3.90. The van der Waals surface area contributed by atoms with Gasteiger partial charge >= 0.3 is 5.97 Å². The van der Waals surface area contributed by atoms with Crippen molar-refractivity contribution in [3.8, 4) is 6.07 Å². The van der Waals surface area contributed by atoms with E-state index in [1.165, 1.54) is 13.2 Å². The van der Waals surface area contributed by atoms with E-state index in [4.69, 9.17) is 10.00 Å². The Morgan fingerprint density at radius 1 is 1.41 bits per heavy atom. The molecule has 0 spiro atoms. The molecule has 0 bridgehead atoms. The van der Waals surface area contributed by atoms with Crippen molar-refractivity contribution in [2.24, 2.45) is 5.92 Å². The molecule has 0 aliphatic carbocycles. The van der Waals surface area contributed by atoms with Crippen molar-refractivity contribution in [1.29, 1.82) is 5.26 Å². The van der Waals surface area contributed by atoms with Crippen LogP contribution in [0.2, 0.25) is 0 Å². The highest BCUT2D eigenvalue weighted by atomic mass is 16.5. The number of hydrogen-bond donors (Lipinski definition) is 0. The molecular formula is C14H21NO2. The number of carbonyl (C=O) groups is 1. The summed E-state index contributed by atoms with van der Waals surface area (Å²) in [5.74, 6) is -0.540. The molecule has 0 fully saturated rings. The topological polar surface area (TPSA) is 50.1 Å². The highest BCUT2D eigenvalue weighted by Crippen LogP contribution is 2.14. The van der Waals surface area contributed by atoms with Crippen molar-refractivity contribution in [2.45, 2.75) is 38.5 Å². The molecule has 1 atom stereocenters. The van der Waals surface area contributed by atoms with Crippen molar-refractivity contribution in [3.63, 3.8) is 0 Å². The summed E-state index contributed by atoms with van der Waals surface area (Å²) in [7, 11) is 1.37. The first kappa shape index (κ1) is 15.4. The van der Waals surface area contributed by atoms with Crippen LogP contribution in [-0.4, -0.2) is 13.1 Å². The SMILES string of the molecule is C=CCCCCCCC(C=CC#N)C(=O)OC. The fourth-order valence-electron chi connectivity index (χ4n) is 1.61. The lowest BCUT2D eigenvalue weighted by atomic mass is 10.00. The van der Waals surface area contributed by atoms with Gasteiger partial charge in [-0.1, -0.05) is 31.4 Å². The molecule has 0 radical (unpaired) electrons. The normalized spacial score (nSPS) is 12.0. The lowest BCUT2D eigenvalue weighted by Gasteiger charge is -2.09. The van der Waals surface area contributed by atoms with E-state index >= 15 is 0 Å². The van der Waals surface area contributed by atoms with Gasteiger partial charge in [0, 0.05) is 6.08 Å². The molecular weight excluding hydrogens is 214 g/mol. The van der Waals surface area contributed by atoms with Gasteiger partial charge in [0.05, 0.1) is 19.1 Å². The van der Waals surface area contributed by atoms with Crippen molar-refractivity contribution in [3.05, 3.63) is 24.8 Å². The lowest BCUT2D eigenvalue weighted by Crippen LogP contribution is -2.13. The summed E-state index contributed by atoms with van der Waals surface area (Å²) in [5.41, 5.74) is 0. The van der Waals surface area contributed by atoms with Gasteiger partial charge < -0.3 is 4.74 Å². The Labute approximate surface area is 104 Å². The van der Waals surface area contributed by atoms with Gasteiger partial charge in [0.15, 0.2) is 0 Å². The van der Waals surface area contributed by atoms with Gasteiger partial charge in [-0.05, 0) is 19.3 Å². The summed E-state index contributed by atoms with van der Waals surface area (Å²) >= 11 is 0. The molecule has 0 aliphatic heterocycles. The highest BCUT2D eigenvalue weighted by Gasteiger charge is 2.14. The summed E-state index contributed by atoms with van der Waals surface area (Å²) in [5, 5.41) is 8.44. The number of esters is 1. The monoisotopic (exact) mass is 235 g/mol. The summed E-state index contributed by atoms with van der Waals surface area (Å²) in [6, 6.07) is 1.90. The van der Waals surface area contributed by atoms with Crippen LogP contribution >= 0.6 is 0 Å². The van der Waals surface area contributed by atoms with Crippen molar-refractivity contribution in [2.75, 3.05) is 7.11 Å². The average Bonchev–Trinajstić information content (AvgIpc) is 2.36. The molecule has 0 aromatic rings. The van der Waals surface area contributed by atoms with Crippen LogP contribution in [0.3, 0.4) is 0 Å². The van der Waals surface area contributed by atoms with E-state index in [0.717, 1.165) is 38.5 Å². The molecule has 0 amide bonds. The lowest BCUT2D eigenvalue weighted by molar-refractivity contribution is -0.143. The summed E-state index contributed by atoms with van der Waals surface area (Å²) < 4.78 is 4.69. The maximum absolute atomic E-state index is 11.4. The molecule has 3 heteroatoms. The molecule has 0 aromatic carbocycles. The van der Waals surface area contributed by atoms with Crippen LogP contribution in [0.4, 0.5) is 0 Å². The van der Waals surface area contributed by atoms with Crippen molar-refractivity contribution in [1.82, 2.24) is 0 Å². The number of unbranched alkanes of at least 4 members (excludes halogenated alkanes) is 4. The number of allylic oxidation sites excluding steroid dienone is 2. The molecule has 0 rings (SSSR count). The predicted octanol–water partition coefficient (Wildman–Crippen LogP) is 3.38. The van der Waals surface area contributed by atoms with Gasteiger partial charge in [-0.2, -0.15) is 5.26 Å². The first-order valence-electron chi connectivity index (χ1n) is 6.01. The number of nitrogens with zero attached hydrogens (tertiary/aromatic N) is 1. The Morgan fingerprint density at radius 3 is 2.71 bits per heavy atom. The number of carbonyl (C=O) groups excluding carboxylic acids is 1. The van der Waals surface area contributed by atoms with E-state index in [1.54, 1.807) is 6.08 Å². The van der Waals surface area contributed by atoms with Crippen molar-refractivity contribution < 1.29 is 9.53 Å². The minimum atomic E-state index is -0.279. The molecule has 3 nitrogen and oxygen atoms in total. The summed E-state index contributed by atoms with van der Waals surface area (Å²) in [4.78, 5) is 11.4. The Kier molecular flexibility index (Phi) is 9.94. The predicted molar refractivity (Wildman–Crippen MR) is 68.2 cm³/mol. The number of ether oxygens (including phenoxy) is 1. The molecule has 0 N–H and O–H groups in total. The van der Waals surface area contributed by atoms with E-state index in [0.29, 0.717) is 0 Å². The van der Waals surface area contributed by atoms with Crippen LogP contribution in [0, 0.1) is 17.2 Å². The standard InChI is InChI=1S/C14H21NO2/c1-3-4-5-6-7-8-10-13(11-9-12-15)14(16)17-2/h3,9,11,13H,1,4-8,10H2,2H3. The van der Waals surface area contributed by atoms with Gasteiger partial charge in [0.1, 0.15) is 0 Å². The second-order valence-corrected chi connectivity index (χ2v) is 3.90. The van der Waals surface area contributed by atoms with Gasteiger partial charge in [0.2, 0.25) is 0 Å². The second kappa shape index (κ2) is 10.9. The number of methoxy groups -OCH3 is 1. The first-order valence-corrected chi connectivity index (χ1v) is 6.01. The van der Waals surface area contributed by atoms with Crippen LogP contribution in [-0.2, 0) is 9.53 Å². The number of rotatable bonds is 9. The molecule has 0 saturated carbocycles. The maximum Gasteiger partial charge on any atom is 0.312 e. The van der Waals surface area contributed by atoms with Gasteiger partial charge in [-0.3, -0.25) is 4.79 Å². The third-order valence-electron chi connectivity index (χ3n) is 2.58. The quantitative estimate of drug-likeness (QED) is 0.266. The zero-order valence-electron chi connectivity index (χ0n) is 10.5. The maximum atomic E-state index is 11.4. The van der Waals surface area contributed by atoms with Crippen LogP contribution < -0.4 is 0 Å². The minimum Gasteiger partial charge on any atom is -0.469 e. The fourth-order valence-corrected chi connectivity index (χ4v) is 1.61. The fraction of sp³-hybridized carbons (Fsp3) is 0.571. The Bertz CT molecular complexity index is 289. The third kappa shape index (κ3) is 8.27. The van der Waals surface area contributed by atoms with E-state index in [2.05, 4.69) is 6.58 Å². The van der Waals surface area contributed by atoms with Crippen LogP contribution in [0.1, 0.15) is 38.5 Å². The van der Waals surface area contributed by atoms with Gasteiger partial charge in [-0.15, -0.1) is 6.58 Å². The summed E-state index contributed by atoms with van der Waals surface area (Å²) in [6.07, 6.45) is 11.1. The number of nitriles is 1. The van der Waals surface area contributed by atoms with E-state index in [9.17, 15) is 4.79 Å². The van der Waals surface area contributed by atoms with Crippen LogP contribution in [0.5, 0.6) is 0 Å². The van der Waals surface area contributed by atoms with E-state index < -0.39 is 0 Å². The zero-order valence-corrected chi connectivity index (χ0v) is 10.5. The van der Waals surface area contributed by atoms with Crippen molar-refractivity contribution >= 4 is 5.97 Å². The average molecular weight is 235 g/mol. The molecule has 0 saturated heterocycles. The highest BCUT2D eigenvalue weighted by molar-refractivity contribution is 5.74. The molecule has 0 aromatic heterocycles. The smallest absolute Gasteiger partial charge is 0.312 e. The largest absolute Gasteiger partial charge is 0.469 e. The molecule has 1 unspecified atom stereocenters. The molecule has 17 heavy (non-hydrogen) atoms. The van der Waals surface area contributed by atoms with E-state index in [-0.39, 0.29) is 11.9 Å². The zero-order chi connectivity index (χ0) is 12.9. The third-order valence-corrected chi connectivity index (χ3v) is 2.58. The minimum absolute atomic E-state index is 0.261. The van der Waals surface area contributed by atoms with Crippen LogP contribution in [0.15, 0.2) is 24.8 Å².